The zero-order valence-electron chi connectivity index (χ0n) is 12.6. The van der Waals surface area contributed by atoms with E-state index in [1.54, 1.807) is 6.07 Å². The molecule has 1 unspecified atom stereocenters. The molecule has 1 N–H and O–H groups in total. The van der Waals surface area contributed by atoms with Gasteiger partial charge in [0.05, 0.1) is 10.5 Å². The van der Waals surface area contributed by atoms with E-state index in [2.05, 4.69) is 21.2 Å². The van der Waals surface area contributed by atoms with Crippen LogP contribution in [0.25, 0.3) is 0 Å². The van der Waals surface area contributed by atoms with Gasteiger partial charge in [-0.1, -0.05) is 19.9 Å². The number of benzene rings is 1. The van der Waals surface area contributed by atoms with Crippen molar-refractivity contribution in [3.8, 4) is 0 Å². The lowest BCUT2D eigenvalue weighted by molar-refractivity contribution is -0.385. The van der Waals surface area contributed by atoms with Crippen molar-refractivity contribution in [2.75, 3.05) is 20.6 Å². The summed E-state index contributed by atoms with van der Waals surface area (Å²) in [6.07, 6.45) is 0. The van der Waals surface area contributed by atoms with Gasteiger partial charge < -0.3 is 10.2 Å². The summed E-state index contributed by atoms with van der Waals surface area (Å²) in [6.45, 7) is 4.75. The van der Waals surface area contributed by atoms with Crippen LogP contribution in [0, 0.1) is 16.0 Å². The largest absolute Gasteiger partial charge is 0.348 e. The van der Waals surface area contributed by atoms with E-state index in [1.165, 1.54) is 12.1 Å². The number of carbonyl (C=O) groups is 1. The number of likely N-dealkylation sites (N-methyl/N-ethyl adjacent to an activating group) is 1. The van der Waals surface area contributed by atoms with Gasteiger partial charge in [0.1, 0.15) is 4.47 Å². The van der Waals surface area contributed by atoms with Crippen LogP contribution in [0.4, 0.5) is 5.69 Å². The number of rotatable bonds is 6. The van der Waals surface area contributed by atoms with Gasteiger partial charge in [-0.05, 0) is 42.0 Å². The molecule has 6 nitrogen and oxygen atoms in total. The summed E-state index contributed by atoms with van der Waals surface area (Å²) >= 11 is 3.15. The van der Waals surface area contributed by atoms with E-state index in [-0.39, 0.29) is 33.6 Å². The summed E-state index contributed by atoms with van der Waals surface area (Å²) in [4.78, 5) is 24.7. The van der Waals surface area contributed by atoms with Crippen molar-refractivity contribution >= 4 is 27.5 Å². The smallest absolute Gasteiger partial charge is 0.284 e. The molecule has 1 aromatic rings. The van der Waals surface area contributed by atoms with Crippen molar-refractivity contribution in [3.05, 3.63) is 38.3 Å². The maximum absolute atomic E-state index is 12.4. The second-order valence-electron chi connectivity index (χ2n) is 5.48. The van der Waals surface area contributed by atoms with Crippen molar-refractivity contribution in [2.45, 2.75) is 19.9 Å². The Morgan fingerprint density at radius 2 is 2.05 bits per heavy atom. The Bertz CT molecular complexity index is 532. The Balaban J connectivity index is 2.98. The zero-order chi connectivity index (χ0) is 16.2. The topological polar surface area (TPSA) is 75.5 Å². The fourth-order valence-electron chi connectivity index (χ4n) is 1.90. The fourth-order valence-corrected chi connectivity index (χ4v) is 2.49. The van der Waals surface area contributed by atoms with E-state index in [0.717, 1.165) is 0 Å². The van der Waals surface area contributed by atoms with E-state index in [9.17, 15) is 14.9 Å². The summed E-state index contributed by atoms with van der Waals surface area (Å²) in [5.41, 5.74) is 0.157. The van der Waals surface area contributed by atoms with E-state index in [1.807, 2.05) is 32.8 Å². The molecule has 0 bridgehead atoms. The van der Waals surface area contributed by atoms with E-state index >= 15 is 0 Å². The highest BCUT2D eigenvalue weighted by molar-refractivity contribution is 9.10. The summed E-state index contributed by atoms with van der Waals surface area (Å²) in [6, 6.07) is 4.41. The van der Waals surface area contributed by atoms with Crippen LogP contribution in [0.3, 0.4) is 0 Å². The van der Waals surface area contributed by atoms with Crippen LogP contribution in [-0.4, -0.2) is 42.4 Å². The van der Waals surface area contributed by atoms with Crippen molar-refractivity contribution in [2.24, 2.45) is 5.92 Å². The first kappa shape index (κ1) is 17.6. The minimum atomic E-state index is -0.513. The summed E-state index contributed by atoms with van der Waals surface area (Å²) in [5, 5.41) is 13.8. The Labute approximate surface area is 132 Å². The Morgan fingerprint density at radius 1 is 1.43 bits per heavy atom. The monoisotopic (exact) mass is 357 g/mol. The molecule has 0 aromatic heterocycles. The van der Waals surface area contributed by atoms with Gasteiger partial charge in [0, 0.05) is 18.7 Å². The second kappa shape index (κ2) is 7.51. The third-order valence-electron chi connectivity index (χ3n) is 3.10. The number of nitro groups is 1. The van der Waals surface area contributed by atoms with E-state index < -0.39 is 4.92 Å². The SMILES string of the molecule is CC(C)C(CN(C)C)NC(=O)c1cccc([N+](=O)[O-])c1Br. The average Bonchev–Trinajstić information content (AvgIpc) is 2.36. The molecule has 1 aromatic carbocycles. The number of nitro benzene ring substituents is 1. The molecule has 7 heteroatoms. The molecule has 1 rings (SSSR count). The number of hydrogen-bond donors (Lipinski definition) is 1. The van der Waals surface area contributed by atoms with Gasteiger partial charge in [0.25, 0.3) is 11.6 Å². The first-order valence-electron chi connectivity index (χ1n) is 6.62. The molecule has 0 radical (unpaired) electrons. The lowest BCUT2D eigenvalue weighted by atomic mass is 10.0. The molecule has 0 heterocycles. The maximum atomic E-state index is 12.4. The van der Waals surface area contributed by atoms with Crippen LogP contribution in [0.15, 0.2) is 22.7 Å². The van der Waals surface area contributed by atoms with Crippen molar-refractivity contribution in [1.82, 2.24) is 10.2 Å². The highest BCUT2D eigenvalue weighted by atomic mass is 79.9. The number of hydrogen-bond acceptors (Lipinski definition) is 4. The molecule has 0 saturated carbocycles. The molecular weight excluding hydrogens is 338 g/mol. The van der Waals surface area contributed by atoms with Crippen LogP contribution < -0.4 is 5.32 Å². The molecule has 1 amide bonds. The van der Waals surface area contributed by atoms with Crippen molar-refractivity contribution in [1.29, 1.82) is 0 Å². The lowest BCUT2D eigenvalue weighted by Gasteiger charge is -2.25. The first-order chi connectivity index (χ1) is 9.73. The van der Waals surface area contributed by atoms with Gasteiger partial charge in [0.2, 0.25) is 0 Å². The highest BCUT2D eigenvalue weighted by Gasteiger charge is 2.23. The maximum Gasteiger partial charge on any atom is 0.284 e. The molecule has 0 spiro atoms. The molecule has 0 aliphatic carbocycles. The molecule has 0 fully saturated rings. The Morgan fingerprint density at radius 3 is 2.52 bits per heavy atom. The fraction of sp³-hybridized carbons (Fsp3) is 0.500. The zero-order valence-corrected chi connectivity index (χ0v) is 14.2. The summed E-state index contributed by atoms with van der Waals surface area (Å²) in [7, 11) is 3.87. The van der Waals surface area contributed by atoms with Gasteiger partial charge in [-0.3, -0.25) is 14.9 Å². The summed E-state index contributed by atoms with van der Waals surface area (Å²) in [5.74, 6) is -0.0556. The number of amides is 1. The third kappa shape index (κ3) is 4.78. The average molecular weight is 358 g/mol. The second-order valence-corrected chi connectivity index (χ2v) is 6.28. The summed E-state index contributed by atoms with van der Waals surface area (Å²) < 4.78 is 0.208. The molecule has 21 heavy (non-hydrogen) atoms. The van der Waals surface area contributed by atoms with Crippen LogP contribution in [0.1, 0.15) is 24.2 Å². The number of nitrogens with one attached hydrogen (secondary N) is 1. The normalized spacial score (nSPS) is 12.5. The minimum absolute atomic E-state index is 0.0290. The molecule has 116 valence electrons. The quantitative estimate of drug-likeness (QED) is 0.627. The minimum Gasteiger partial charge on any atom is -0.348 e. The standard InChI is InChI=1S/C14H20BrN3O3/c1-9(2)11(8-17(3)4)16-14(19)10-6-5-7-12(13(10)15)18(20)21/h5-7,9,11H,8H2,1-4H3,(H,16,19). The number of nitrogens with zero attached hydrogens (tertiary/aromatic N) is 2. The highest BCUT2D eigenvalue weighted by Crippen LogP contribution is 2.28. The Hall–Kier alpha value is -1.47. The lowest BCUT2D eigenvalue weighted by Crippen LogP contribution is -2.45. The van der Waals surface area contributed by atoms with Gasteiger partial charge in [-0.25, -0.2) is 0 Å². The molecule has 0 saturated heterocycles. The Kier molecular flexibility index (Phi) is 6.29. The van der Waals surface area contributed by atoms with Crippen LogP contribution in [0.2, 0.25) is 0 Å². The number of carbonyl (C=O) groups excluding carboxylic acids is 1. The van der Waals surface area contributed by atoms with Crippen LogP contribution in [0.5, 0.6) is 0 Å². The van der Waals surface area contributed by atoms with E-state index in [4.69, 9.17) is 0 Å². The molecule has 0 aliphatic rings. The van der Waals surface area contributed by atoms with Crippen LogP contribution >= 0.6 is 15.9 Å². The van der Waals surface area contributed by atoms with E-state index in [0.29, 0.717) is 6.54 Å². The van der Waals surface area contributed by atoms with Crippen molar-refractivity contribution in [3.63, 3.8) is 0 Å². The van der Waals surface area contributed by atoms with Crippen molar-refractivity contribution < 1.29 is 9.72 Å². The van der Waals surface area contributed by atoms with Gasteiger partial charge in [-0.15, -0.1) is 0 Å². The third-order valence-corrected chi connectivity index (χ3v) is 3.94. The molecule has 0 aliphatic heterocycles. The predicted octanol–water partition coefficient (Wildman–Crippen LogP) is 2.67. The van der Waals surface area contributed by atoms with Gasteiger partial charge in [0.15, 0.2) is 0 Å². The molecule has 1 atom stereocenters. The van der Waals surface area contributed by atoms with Crippen LogP contribution in [-0.2, 0) is 0 Å². The molecular formula is C14H20BrN3O3. The van der Waals surface area contributed by atoms with Gasteiger partial charge in [-0.2, -0.15) is 0 Å². The van der Waals surface area contributed by atoms with Gasteiger partial charge >= 0.3 is 0 Å². The first-order valence-corrected chi connectivity index (χ1v) is 7.41. The predicted molar refractivity (Wildman–Crippen MR) is 85.4 cm³/mol. The number of halogens is 1.